The van der Waals surface area contributed by atoms with E-state index in [0.717, 1.165) is 31.6 Å². The van der Waals surface area contributed by atoms with E-state index in [9.17, 15) is 0 Å². The van der Waals surface area contributed by atoms with Gasteiger partial charge in [-0.3, -0.25) is 0 Å². The van der Waals surface area contributed by atoms with Crippen LogP contribution in [0.1, 0.15) is 59.8 Å². The molecule has 5 heteroatoms. The summed E-state index contributed by atoms with van der Waals surface area (Å²) in [5.41, 5.74) is 0. The third-order valence-electron chi connectivity index (χ3n) is 3.75. The fraction of sp³-hybridized carbons (Fsp3) is 1.00. The van der Waals surface area contributed by atoms with Crippen molar-refractivity contribution in [1.82, 2.24) is 13.2 Å². The van der Waals surface area contributed by atoms with E-state index in [0.29, 0.717) is 0 Å². The zero-order valence-corrected chi connectivity index (χ0v) is 17.4. The zero-order chi connectivity index (χ0) is 15.9. The molecule has 1 aliphatic rings. The van der Waals surface area contributed by atoms with E-state index in [2.05, 4.69) is 63.7 Å². The van der Waals surface area contributed by atoms with Crippen molar-refractivity contribution in [3.8, 4) is 0 Å². The molecule has 1 saturated carbocycles. The highest BCUT2D eigenvalue weighted by molar-refractivity contribution is 14.1. The van der Waals surface area contributed by atoms with Gasteiger partial charge >= 0.3 is 0 Å². The molecule has 21 heavy (non-hydrogen) atoms. The van der Waals surface area contributed by atoms with Crippen LogP contribution in [-0.2, 0) is 0 Å². The number of hydrogen-bond acceptors (Lipinski definition) is 4. The zero-order valence-electron chi connectivity index (χ0n) is 14.5. The van der Waals surface area contributed by atoms with Gasteiger partial charge in [0.25, 0.3) is 0 Å². The smallest absolute Gasteiger partial charge is 0.0332 e. The van der Waals surface area contributed by atoms with Crippen molar-refractivity contribution >= 4 is 34.8 Å². The Labute approximate surface area is 151 Å². The van der Waals surface area contributed by atoms with Gasteiger partial charge in [-0.25, -0.2) is 0 Å². The van der Waals surface area contributed by atoms with Crippen molar-refractivity contribution in [3.05, 3.63) is 0 Å². The molecule has 0 spiro atoms. The first kappa shape index (κ1) is 22.0. The normalized spacial score (nSPS) is 20.9. The second kappa shape index (κ2) is 15.8. The number of nitrogens with one attached hydrogen (secondary N) is 2. The summed E-state index contributed by atoms with van der Waals surface area (Å²) in [5, 5.41) is 6.60. The minimum Gasteiger partial charge on any atom is -0.317 e. The van der Waals surface area contributed by atoms with Gasteiger partial charge in [-0.15, -0.1) is 0 Å². The van der Waals surface area contributed by atoms with Gasteiger partial charge in [0.1, 0.15) is 0 Å². The quantitative estimate of drug-likeness (QED) is 0.219. The third-order valence-corrected chi connectivity index (χ3v) is 6.29. The summed E-state index contributed by atoms with van der Waals surface area (Å²) in [6.45, 7) is 13.4. The van der Waals surface area contributed by atoms with Crippen LogP contribution in [-0.4, -0.2) is 40.5 Å². The Balaban J connectivity index is 0.000000486. The molecule has 1 rings (SSSR count). The van der Waals surface area contributed by atoms with Crippen molar-refractivity contribution in [1.29, 1.82) is 0 Å². The van der Waals surface area contributed by atoms with E-state index >= 15 is 0 Å². The van der Waals surface area contributed by atoms with Crippen molar-refractivity contribution in [2.24, 2.45) is 5.92 Å². The number of hydrogen-bond donors (Lipinski definition) is 2. The molecule has 3 nitrogen and oxygen atoms in total. The Morgan fingerprint density at radius 2 is 1.67 bits per heavy atom. The highest BCUT2D eigenvalue weighted by atomic mass is 127. The van der Waals surface area contributed by atoms with E-state index in [1.807, 2.05) is 11.9 Å². The van der Waals surface area contributed by atoms with Gasteiger partial charge in [0.05, 0.1) is 0 Å². The molecule has 2 unspecified atom stereocenters. The largest absolute Gasteiger partial charge is 0.317 e. The van der Waals surface area contributed by atoms with Crippen LogP contribution in [0.3, 0.4) is 0 Å². The summed E-state index contributed by atoms with van der Waals surface area (Å²) in [6, 6.07) is 0.833. The monoisotopic (exact) mass is 429 g/mol. The maximum absolute atomic E-state index is 3.35. The lowest BCUT2D eigenvalue weighted by Gasteiger charge is -2.38. The second-order valence-corrected chi connectivity index (χ2v) is 8.40. The van der Waals surface area contributed by atoms with Gasteiger partial charge in [0.2, 0.25) is 0 Å². The highest BCUT2D eigenvalue weighted by Crippen LogP contribution is 2.37. The SMILES string of the molecule is CCCCNCC.CCNCCCSN(I)C1CCC1C. The van der Waals surface area contributed by atoms with Crippen LogP contribution in [0, 0.1) is 5.92 Å². The minimum atomic E-state index is 0.833. The number of unbranched alkanes of at least 4 members (excludes halogenated alkanes) is 1. The summed E-state index contributed by atoms with van der Waals surface area (Å²) >= 11 is 4.47. The fourth-order valence-corrected chi connectivity index (χ4v) is 4.42. The Hall–Kier alpha value is 0.960. The molecule has 0 aromatic heterocycles. The molecular formula is C16H36IN3S. The van der Waals surface area contributed by atoms with Gasteiger partial charge in [0, 0.05) is 34.7 Å². The summed E-state index contributed by atoms with van der Waals surface area (Å²) in [4.78, 5) is 0. The molecule has 0 aromatic carbocycles. The second-order valence-electron chi connectivity index (χ2n) is 5.64. The van der Waals surface area contributed by atoms with E-state index in [-0.39, 0.29) is 0 Å². The topological polar surface area (TPSA) is 27.3 Å². The first-order valence-electron chi connectivity index (χ1n) is 8.66. The molecule has 0 saturated heterocycles. The Morgan fingerprint density at radius 3 is 2.10 bits per heavy atom. The summed E-state index contributed by atoms with van der Waals surface area (Å²) in [7, 11) is 0. The van der Waals surface area contributed by atoms with Gasteiger partial charge in [0.15, 0.2) is 0 Å². The van der Waals surface area contributed by atoms with E-state index in [4.69, 9.17) is 0 Å². The van der Waals surface area contributed by atoms with Gasteiger partial charge < -0.3 is 10.6 Å². The standard InChI is InChI=1S/C10H21IN2S.C6H15N/c1-3-12-7-4-8-14-13(11)10-6-5-9(10)2;1-3-5-6-7-4-2/h9-10,12H,3-8H2,1-2H3;7H,3-6H2,1-2H3. The highest BCUT2D eigenvalue weighted by Gasteiger charge is 2.31. The predicted octanol–water partition coefficient (Wildman–Crippen LogP) is 4.48. The lowest BCUT2D eigenvalue weighted by atomic mass is 9.82. The molecule has 2 atom stereocenters. The number of rotatable bonds is 11. The van der Waals surface area contributed by atoms with Crippen LogP contribution in [0.25, 0.3) is 0 Å². The van der Waals surface area contributed by atoms with Crippen molar-refractivity contribution in [2.45, 2.75) is 65.8 Å². The average molecular weight is 429 g/mol. The Bertz CT molecular complexity index is 216. The van der Waals surface area contributed by atoms with Gasteiger partial charge in [-0.2, -0.15) is 2.52 Å². The van der Waals surface area contributed by atoms with E-state index in [1.54, 1.807) is 0 Å². The molecule has 0 heterocycles. The van der Waals surface area contributed by atoms with Crippen molar-refractivity contribution in [3.63, 3.8) is 0 Å². The summed E-state index contributed by atoms with van der Waals surface area (Å²) in [5.74, 6) is 2.16. The maximum atomic E-state index is 3.35. The van der Waals surface area contributed by atoms with Gasteiger partial charge in [-0.05, 0) is 57.8 Å². The Morgan fingerprint density at radius 1 is 1.05 bits per heavy atom. The van der Waals surface area contributed by atoms with Crippen LogP contribution in [0.5, 0.6) is 0 Å². The molecule has 128 valence electrons. The molecule has 1 fully saturated rings. The first-order valence-corrected chi connectivity index (χ1v) is 10.6. The molecule has 0 bridgehead atoms. The van der Waals surface area contributed by atoms with Crippen molar-refractivity contribution < 1.29 is 0 Å². The molecule has 0 aromatic rings. The maximum Gasteiger partial charge on any atom is 0.0332 e. The van der Waals surface area contributed by atoms with Crippen LogP contribution in [0.2, 0.25) is 0 Å². The van der Waals surface area contributed by atoms with Crippen LogP contribution < -0.4 is 10.6 Å². The Kier molecular flexibility index (Phi) is 16.6. The first-order chi connectivity index (χ1) is 10.2. The molecule has 0 radical (unpaired) electrons. The molecule has 2 N–H and O–H groups in total. The van der Waals surface area contributed by atoms with E-state index < -0.39 is 0 Å². The van der Waals surface area contributed by atoms with E-state index in [1.165, 1.54) is 44.4 Å². The molecular weight excluding hydrogens is 393 g/mol. The third kappa shape index (κ3) is 12.1. The van der Waals surface area contributed by atoms with Crippen LogP contribution in [0.4, 0.5) is 0 Å². The average Bonchev–Trinajstić information content (AvgIpc) is 2.47. The van der Waals surface area contributed by atoms with Crippen molar-refractivity contribution in [2.75, 3.05) is 31.9 Å². The summed E-state index contributed by atoms with van der Waals surface area (Å²) < 4.78 is 2.44. The van der Waals surface area contributed by atoms with Gasteiger partial charge in [-0.1, -0.05) is 46.1 Å². The number of nitrogens with zero attached hydrogens (tertiary/aromatic N) is 1. The summed E-state index contributed by atoms with van der Waals surface area (Å²) in [6.07, 6.45) is 6.70. The predicted molar refractivity (Wildman–Crippen MR) is 107 cm³/mol. The van der Waals surface area contributed by atoms with Crippen LogP contribution in [0.15, 0.2) is 0 Å². The molecule has 0 amide bonds. The molecule has 0 aliphatic heterocycles. The lowest BCUT2D eigenvalue weighted by molar-refractivity contribution is 0.225. The minimum absolute atomic E-state index is 0.833. The lowest BCUT2D eigenvalue weighted by Crippen LogP contribution is -2.37. The molecule has 1 aliphatic carbocycles. The number of halogens is 1. The van der Waals surface area contributed by atoms with Crippen LogP contribution >= 0.6 is 34.8 Å². The fourth-order valence-electron chi connectivity index (χ4n) is 2.05.